The quantitative estimate of drug-likeness (QED) is 0.779. The maximum atomic E-state index is 10.3. The Morgan fingerprint density at radius 3 is 3.00 bits per heavy atom. The SMILES string of the molecule is Cc1cnc(CNC(C)CCC(=O)O)s1. The van der Waals surface area contributed by atoms with Gasteiger partial charge in [-0.1, -0.05) is 0 Å². The summed E-state index contributed by atoms with van der Waals surface area (Å²) in [6.07, 6.45) is 2.72. The molecule has 0 aliphatic rings. The van der Waals surface area contributed by atoms with E-state index in [4.69, 9.17) is 5.11 Å². The normalized spacial score (nSPS) is 12.7. The van der Waals surface area contributed by atoms with Gasteiger partial charge in [0.2, 0.25) is 0 Å². The van der Waals surface area contributed by atoms with Crippen molar-refractivity contribution in [1.82, 2.24) is 10.3 Å². The van der Waals surface area contributed by atoms with E-state index in [2.05, 4.69) is 10.3 Å². The van der Waals surface area contributed by atoms with Crippen molar-refractivity contribution >= 4 is 17.3 Å². The summed E-state index contributed by atoms with van der Waals surface area (Å²) in [5, 5.41) is 12.8. The Bertz CT molecular complexity index is 325. The van der Waals surface area contributed by atoms with Gasteiger partial charge in [0.05, 0.1) is 0 Å². The Morgan fingerprint density at radius 2 is 2.47 bits per heavy atom. The molecule has 1 aromatic heterocycles. The number of nitrogens with zero attached hydrogens (tertiary/aromatic N) is 1. The average molecular weight is 228 g/mol. The summed E-state index contributed by atoms with van der Waals surface area (Å²) in [5.41, 5.74) is 0. The van der Waals surface area contributed by atoms with Crippen LogP contribution in [0.2, 0.25) is 0 Å². The van der Waals surface area contributed by atoms with Crippen molar-refractivity contribution in [3.63, 3.8) is 0 Å². The first-order valence-corrected chi connectivity index (χ1v) is 5.76. The molecule has 0 aliphatic heterocycles. The van der Waals surface area contributed by atoms with E-state index in [1.54, 1.807) is 11.3 Å². The summed E-state index contributed by atoms with van der Waals surface area (Å²) in [5.74, 6) is -0.742. The Kier molecular flexibility index (Phi) is 4.71. The van der Waals surface area contributed by atoms with Crippen molar-refractivity contribution in [3.8, 4) is 0 Å². The predicted octanol–water partition coefficient (Wildman–Crippen LogP) is 1.79. The number of carbonyl (C=O) groups is 1. The molecule has 0 spiro atoms. The third-order valence-corrected chi connectivity index (χ3v) is 2.97. The van der Waals surface area contributed by atoms with Gasteiger partial charge in [-0.05, 0) is 20.3 Å². The van der Waals surface area contributed by atoms with Crippen LogP contribution in [0.4, 0.5) is 0 Å². The van der Waals surface area contributed by atoms with E-state index in [0.29, 0.717) is 6.42 Å². The summed E-state index contributed by atoms with van der Waals surface area (Å²) < 4.78 is 0. The fraction of sp³-hybridized carbons (Fsp3) is 0.600. The summed E-state index contributed by atoms with van der Waals surface area (Å²) in [7, 11) is 0. The van der Waals surface area contributed by atoms with Crippen molar-refractivity contribution in [2.24, 2.45) is 0 Å². The molecule has 1 atom stereocenters. The molecule has 0 amide bonds. The number of thiazole rings is 1. The van der Waals surface area contributed by atoms with Crippen LogP contribution in [0.3, 0.4) is 0 Å². The molecule has 5 heteroatoms. The number of aromatic nitrogens is 1. The highest BCUT2D eigenvalue weighted by Crippen LogP contribution is 2.11. The summed E-state index contributed by atoms with van der Waals surface area (Å²) in [6.45, 7) is 4.73. The lowest BCUT2D eigenvalue weighted by atomic mass is 10.2. The molecule has 0 aromatic carbocycles. The molecule has 0 bridgehead atoms. The number of hydrogen-bond donors (Lipinski definition) is 2. The first-order chi connectivity index (χ1) is 7.08. The van der Waals surface area contributed by atoms with Gasteiger partial charge in [-0.15, -0.1) is 11.3 Å². The molecule has 4 nitrogen and oxygen atoms in total. The number of hydrogen-bond acceptors (Lipinski definition) is 4. The zero-order valence-electron chi connectivity index (χ0n) is 8.99. The van der Waals surface area contributed by atoms with Crippen LogP contribution in [0.1, 0.15) is 29.7 Å². The minimum Gasteiger partial charge on any atom is -0.481 e. The van der Waals surface area contributed by atoms with Gasteiger partial charge in [0.25, 0.3) is 0 Å². The Labute approximate surface area is 93.4 Å². The van der Waals surface area contributed by atoms with Crippen molar-refractivity contribution in [1.29, 1.82) is 0 Å². The van der Waals surface area contributed by atoms with E-state index in [1.807, 2.05) is 20.0 Å². The van der Waals surface area contributed by atoms with E-state index >= 15 is 0 Å². The van der Waals surface area contributed by atoms with Crippen molar-refractivity contribution in [2.75, 3.05) is 0 Å². The van der Waals surface area contributed by atoms with Gasteiger partial charge in [-0.2, -0.15) is 0 Å². The smallest absolute Gasteiger partial charge is 0.303 e. The second-order valence-corrected chi connectivity index (χ2v) is 4.90. The zero-order valence-corrected chi connectivity index (χ0v) is 9.80. The minimum atomic E-state index is -0.742. The van der Waals surface area contributed by atoms with Crippen LogP contribution in [-0.4, -0.2) is 22.1 Å². The topological polar surface area (TPSA) is 62.2 Å². The second kappa shape index (κ2) is 5.82. The molecule has 2 N–H and O–H groups in total. The fourth-order valence-corrected chi connectivity index (χ4v) is 1.92. The molecule has 0 fully saturated rings. The van der Waals surface area contributed by atoms with E-state index in [9.17, 15) is 4.79 Å². The summed E-state index contributed by atoms with van der Waals surface area (Å²) >= 11 is 1.66. The molecule has 15 heavy (non-hydrogen) atoms. The Hall–Kier alpha value is -0.940. The zero-order chi connectivity index (χ0) is 11.3. The van der Waals surface area contributed by atoms with Gasteiger partial charge in [0.1, 0.15) is 5.01 Å². The number of nitrogens with one attached hydrogen (secondary N) is 1. The van der Waals surface area contributed by atoms with Gasteiger partial charge in [0, 0.05) is 30.1 Å². The van der Waals surface area contributed by atoms with E-state index in [-0.39, 0.29) is 12.5 Å². The molecule has 0 saturated heterocycles. The molecule has 1 unspecified atom stereocenters. The second-order valence-electron chi connectivity index (χ2n) is 3.58. The van der Waals surface area contributed by atoms with Gasteiger partial charge >= 0.3 is 5.97 Å². The fourth-order valence-electron chi connectivity index (χ4n) is 1.19. The molecular weight excluding hydrogens is 212 g/mol. The van der Waals surface area contributed by atoms with Crippen LogP contribution >= 0.6 is 11.3 Å². The van der Waals surface area contributed by atoms with Crippen molar-refractivity contribution < 1.29 is 9.90 Å². The average Bonchev–Trinajstić information content (AvgIpc) is 2.58. The largest absolute Gasteiger partial charge is 0.481 e. The molecule has 84 valence electrons. The maximum Gasteiger partial charge on any atom is 0.303 e. The highest BCUT2D eigenvalue weighted by Gasteiger charge is 2.05. The van der Waals surface area contributed by atoms with Crippen molar-refractivity contribution in [2.45, 2.75) is 39.3 Å². The standard InChI is InChI=1S/C10H16N2O2S/c1-7(3-4-10(13)14)11-6-9-12-5-8(2)15-9/h5,7,11H,3-4,6H2,1-2H3,(H,13,14). The van der Waals surface area contributed by atoms with Crippen LogP contribution in [0.5, 0.6) is 0 Å². The van der Waals surface area contributed by atoms with Crippen LogP contribution < -0.4 is 5.32 Å². The monoisotopic (exact) mass is 228 g/mol. The van der Waals surface area contributed by atoms with Gasteiger partial charge in [0.15, 0.2) is 0 Å². The van der Waals surface area contributed by atoms with Crippen LogP contribution in [0, 0.1) is 6.92 Å². The molecule has 0 saturated carbocycles. The summed E-state index contributed by atoms with van der Waals surface area (Å²) in [4.78, 5) is 15.8. The maximum absolute atomic E-state index is 10.3. The Morgan fingerprint density at radius 1 is 1.73 bits per heavy atom. The van der Waals surface area contributed by atoms with E-state index < -0.39 is 5.97 Å². The number of rotatable bonds is 6. The van der Waals surface area contributed by atoms with Crippen LogP contribution in [0.25, 0.3) is 0 Å². The molecule has 1 aromatic rings. The van der Waals surface area contributed by atoms with E-state index in [0.717, 1.165) is 11.6 Å². The summed E-state index contributed by atoms with van der Waals surface area (Å²) in [6, 6.07) is 0.213. The lowest BCUT2D eigenvalue weighted by molar-refractivity contribution is -0.137. The third-order valence-electron chi connectivity index (χ3n) is 2.06. The van der Waals surface area contributed by atoms with Crippen LogP contribution in [0.15, 0.2) is 6.20 Å². The highest BCUT2D eigenvalue weighted by atomic mass is 32.1. The number of aryl methyl sites for hydroxylation is 1. The van der Waals surface area contributed by atoms with Gasteiger partial charge in [-0.3, -0.25) is 4.79 Å². The van der Waals surface area contributed by atoms with Crippen LogP contribution in [-0.2, 0) is 11.3 Å². The molecule has 1 heterocycles. The molecule has 0 radical (unpaired) electrons. The Balaban J connectivity index is 2.22. The molecule has 0 aliphatic carbocycles. The first-order valence-electron chi connectivity index (χ1n) is 4.94. The number of aliphatic carboxylic acids is 1. The highest BCUT2D eigenvalue weighted by molar-refractivity contribution is 7.11. The minimum absolute atomic E-state index is 0.213. The third kappa shape index (κ3) is 4.90. The molecule has 1 rings (SSSR count). The van der Waals surface area contributed by atoms with Crippen molar-refractivity contribution in [3.05, 3.63) is 16.1 Å². The lowest BCUT2D eigenvalue weighted by Gasteiger charge is -2.10. The van der Waals surface area contributed by atoms with Gasteiger partial charge in [-0.25, -0.2) is 4.98 Å². The predicted molar refractivity (Wildman–Crippen MR) is 60.0 cm³/mol. The number of carboxylic acids is 1. The molecular formula is C10H16N2O2S. The lowest BCUT2D eigenvalue weighted by Crippen LogP contribution is -2.26. The number of carboxylic acid groups (broad SMARTS) is 1. The first kappa shape index (κ1) is 12.1. The van der Waals surface area contributed by atoms with E-state index in [1.165, 1.54) is 4.88 Å². The van der Waals surface area contributed by atoms with Gasteiger partial charge < -0.3 is 10.4 Å².